The molecule has 1 saturated heterocycles. The van der Waals surface area contributed by atoms with Crippen LogP contribution in [0.5, 0.6) is 5.75 Å². The second-order valence-corrected chi connectivity index (χ2v) is 14.4. The fourth-order valence-corrected chi connectivity index (χ4v) is 7.43. The number of anilines is 1. The molecule has 4 aromatic carbocycles. The Balaban J connectivity index is 1.41. The van der Waals surface area contributed by atoms with Gasteiger partial charge in [-0.1, -0.05) is 47.6 Å². The number of hydrogen-bond acceptors (Lipinski definition) is 8. The number of benzene rings is 4. The van der Waals surface area contributed by atoms with E-state index in [4.69, 9.17) is 9.57 Å². The zero-order valence-corrected chi connectivity index (χ0v) is 29.3. The second-order valence-electron chi connectivity index (χ2n) is 12.4. The number of nitrogens with zero attached hydrogens (tertiary/aromatic N) is 2. The SMILES string of the molecule is COc1cccc(CNC[C@@H](O)[C@H](Cc2cc(F)cc(F)c2)NC(=O)c2cc(/C(C)=N/OCc3ccccc3)cc(N3CCCCS3(=O)=O)c2)c1. The topological polar surface area (TPSA) is 130 Å². The highest BCUT2D eigenvalue weighted by molar-refractivity contribution is 7.92. The minimum Gasteiger partial charge on any atom is -0.497 e. The Bertz CT molecular complexity index is 1920. The summed E-state index contributed by atoms with van der Waals surface area (Å²) in [7, 11) is -2.07. The molecular formula is C38H42F2N4O6S. The van der Waals surface area contributed by atoms with Gasteiger partial charge in [-0.25, -0.2) is 17.2 Å². The van der Waals surface area contributed by atoms with Crippen molar-refractivity contribution in [1.82, 2.24) is 10.6 Å². The highest BCUT2D eigenvalue weighted by atomic mass is 32.2. The summed E-state index contributed by atoms with van der Waals surface area (Å²) >= 11 is 0. The van der Waals surface area contributed by atoms with Gasteiger partial charge in [0.1, 0.15) is 24.0 Å². The fourth-order valence-electron chi connectivity index (χ4n) is 5.81. The number of aliphatic hydroxyl groups is 1. The molecule has 5 rings (SSSR count). The number of carbonyl (C=O) groups is 1. The van der Waals surface area contributed by atoms with Gasteiger partial charge in [-0.05, 0) is 85.3 Å². The van der Waals surface area contributed by atoms with Gasteiger partial charge in [-0.15, -0.1) is 0 Å². The van der Waals surface area contributed by atoms with Crippen LogP contribution in [0.15, 0.2) is 96.2 Å². The van der Waals surface area contributed by atoms with Gasteiger partial charge >= 0.3 is 0 Å². The second kappa shape index (κ2) is 17.4. The molecule has 0 unspecified atom stereocenters. The predicted molar refractivity (Wildman–Crippen MR) is 192 cm³/mol. The Kier molecular flexibility index (Phi) is 12.8. The van der Waals surface area contributed by atoms with E-state index < -0.39 is 39.7 Å². The largest absolute Gasteiger partial charge is 0.497 e. The number of nitrogens with one attached hydrogen (secondary N) is 2. The molecule has 2 atom stereocenters. The van der Waals surface area contributed by atoms with Crippen molar-refractivity contribution < 1.29 is 36.7 Å². The maximum atomic E-state index is 14.2. The molecule has 0 saturated carbocycles. The van der Waals surface area contributed by atoms with Crippen LogP contribution in [-0.2, 0) is 34.4 Å². The lowest BCUT2D eigenvalue weighted by Gasteiger charge is -2.29. The molecule has 51 heavy (non-hydrogen) atoms. The summed E-state index contributed by atoms with van der Waals surface area (Å²) in [4.78, 5) is 19.5. The standard InChI is InChI=1S/C38H42F2N4O6S/c1-26(43-50-25-27-9-4-3-5-10-27)30-19-31(21-34(20-30)44-13-6-7-14-51(44,47)48)38(46)42-36(18-29-15-32(39)22-33(40)16-29)37(45)24-41-23-28-11-8-12-35(17-28)49-2/h3-5,8-12,15-17,19-22,36-37,41,45H,6-7,13-14,18,23-25H2,1-2H3,(H,42,46)/b43-26+/t36-,37+/m0/s1. The number of hydrogen-bond donors (Lipinski definition) is 3. The van der Waals surface area contributed by atoms with Crippen LogP contribution in [0.3, 0.4) is 0 Å². The molecular weight excluding hydrogens is 679 g/mol. The summed E-state index contributed by atoms with van der Waals surface area (Å²) in [6.07, 6.45) is -0.0974. The third kappa shape index (κ3) is 10.6. The van der Waals surface area contributed by atoms with Crippen molar-refractivity contribution in [2.45, 2.75) is 51.5 Å². The van der Waals surface area contributed by atoms with E-state index in [-0.39, 0.29) is 43.0 Å². The number of sulfonamides is 1. The molecule has 0 bridgehead atoms. The normalized spacial score (nSPS) is 15.5. The van der Waals surface area contributed by atoms with Gasteiger partial charge in [-0.3, -0.25) is 9.10 Å². The summed E-state index contributed by atoms with van der Waals surface area (Å²) < 4.78 is 61.1. The first kappa shape index (κ1) is 37.4. The van der Waals surface area contributed by atoms with E-state index in [9.17, 15) is 27.1 Å². The van der Waals surface area contributed by atoms with Gasteiger partial charge in [0.05, 0.1) is 36.4 Å². The zero-order valence-electron chi connectivity index (χ0n) is 28.5. The van der Waals surface area contributed by atoms with Gasteiger partial charge in [0, 0.05) is 36.8 Å². The monoisotopic (exact) mass is 720 g/mol. The van der Waals surface area contributed by atoms with E-state index in [1.807, 2.05) is 54.6 Å². The summed E-state index contributed by atoms with van der Waals surface area (Å²) in [5.74, 6) is -1.54. The Morgan fingerprint density at radius 3 is 2.37 bits per heavy atom. The van der Waals surface area contributed by atoms with Crippen LogP contribution < -0.4 is 19.7 Å². The number of methoxy groups -OCH3 is 1. The Labute approximate surface area is 297 Å². The van der Waals surface area contributed by atoms with Crippen LogP contribution in [0.25, 0.3) is 0 Å². The predicted octanol–water partition coefficient (Wildman–Crippen LogP) is 5.34. The van der Waals surface area contributed by atoms with Crippen molar-refractivity contribution in [3.63, 3.8) is 0 Å². The van der Waals surface area contributed by atoms with Crippen molar-refractivity contribution in [3.8, 4) is 5.75 Å². The van der Waals surface area contributed by atoms with Crippen LogP contribution >= 0.6 is 0 Å². The number of carbonyl (C=O) groups excluding carboxylic acids is 1. The van der Waals surface area contributed by atoms with Crippen LogP contribution in [-0.4, -0.2) is 63.2 Å². The molecule has 1 aliphatic rings. The minimum absolute atomic E-state index is 0.0206. The highest BCUT2D eigenvalue weighted by Crippen LogP contribution is 2.27. The molecule has 1 amide bonds. The van der Waals surface area contributed by atoms with Crippen LogP contribution in [0.4, 0.5) is 14.5 Å². The van der Waals surface area contributed by atoms with Gasteiger partial charge in [-0.2, -0.15) is 0 Å². The smallest absolute Gasteiger partial charge is 0.251 e. The van der Waals surface area contributed by atoms with Crippen LogP contribution in [0.1, 0.15) is 52.4 Å². The zero-order chi connectivity index (χ0) is 36.4. The fraction of sp³-hybridized carbons (Fsp3) is 0.316. The van der Waals surface area contributed by atoms with Gasteiger partial charge in [0.25, 0.3) is 5.91 Å². The van der Waals surface area contributed by atoms with Gasteiger partial charge < -0.3 is 25.3 Å². The van der Waals surface area contributed by atoms with Crippen LogP contribution in [0, 0.1) is 11.6 Å². The van der Waals surface area contributed by atoms with Crippen LogP contribution in [0.2, 0.25) is 0 Å². The number of ether oxygens (including phenoxy) is 1. The van der Waals surface area contributed by atoms with E-state index in [2.05, 4.69) is 15.8 Å². The third-order valence-electron chi connectivity index (χ3n) is 8.49. The number of halogens is 2. The molecule has 1 heterocycles. The first-order valence-corrected chi connectivity index (χ1v) is 18.3. The maximum Gasteiger partial charge on any atom is 0.251 e. The van der Waals surface area contributed by atoms with E-state index in [1.165, 1.54) is 10.4 Å². The lowest BCUT2D eigenvalue weighted by Crippen LogP contribution is -2.48. The molecule has 270 valence electrons. The highest BCUT2D eigenvalue weighted by Gasteiger charge is 2.28. The summed E-state index contributed by atoms with van der Waals surface area (Å²) in [6, 6.07) is 23.6. The average molecular weight is 721 g/mol. The van der Waals surface area contributed by atoms with Crippen molar-refractivity contribution in [2.75, 3.05) is 30.3 Å². The Morgan fingerprint density at radius 1 is 0.922 bits per heavy atom. The molecule has 0 aliphatic carbocycles. The third-order valence-corrected chi connectivity index (χ3v) is 10.4. The van der Waals surface area contributed by atoms with Crippen molar-refractivity contribution in [3.05, 3.63) is 130 Å². The number of amides is 1. The number of aliphatic hydroxyl groups excluding tert-OH is 1. The van der Waals surface area contributed by atoms with E-state index in [0.29, 0.717) is 42.1 Å². The summed E-state index contributed by atoms with van der Waals surface area (Å²) in [5.41, 5.74) is 3.30. The summed E-state index contributed by atoms with van der Waals surface area (Å²) in [5, 5.41) is 21.6. The molecule has 3 N–H and O–H groups in total. The lowest BCUT2D eigenvalue weighted by molar-refractivity contribution is 0.0829. The number of rotatable bonds is 15. The molecule has 1 fully saturated rings. The summed E-state index contributed by atoms with van der Waals surface area (Å²) in [6.45, 7) is 2.55. The molecule has 13 heteroatoms. The van der Waals surface area contributed by atoms with Gasteiger partial charge in [0.2, 0.25) is 10.0 Å². The quantitative estimate of drug-likeness (QED) is 0.112. The average Bonchev–Trinajstić information content (AvgIpc) is 3.11. The van der Waals surface area contributed by atoms with E-state index in [0.717, 1.165) is 29.3 Å². The first-order chi connectivity index (χ1) is 24.5. The van der Waals surface area contributed by atoms with Crippen molar-refractivity contribution in [2.24, 2.45) is 5.16 Å². The maximum absolute atomic E-state index is 14.2. The molecule has 1 aliphatic heterocycles. The molecule has 0 radical (unpaired) electrons. The van der Waals surface area contributed by atoms with E-state index >= 15 is 0 Å². The van der Waals surface area contributed by atoms with Crippen molar-refractivity contribution in [1.29, 1.82) is 0 Å². The lowest BCUT2D eigenvalue weighted by atomic mass is 9.99. The van der Waals surface area contributed by atoms with Crippen molar-refractivity contribution >= 4 is 27.3 Å². The molecule has 0 spiro atoms. The van der Waals surface area contributed by atoms with Gasteiger partial charge in [0.15, 0.2) is 0 Å². The van der Waals surface area contributed by atoms with E-state index in [1.54, 1.807) is 26.2 Å². The Hall–Kier alpha value is -4.85. The number of oxime groups is 1. The molecule has 0 aromatic heterocycles. The minimum atomic E-state index is -3.63. The first-order valence-electron chi connectivity index (χ1n) is 16.6. The molecule has 4 aromatic rings. The molecule has 10 nitrogen and oxygen atoms in total. The Morgan fingerprint density at radius 2 is 1.65 bits per heavy atom.